The van der Waals surface area contributed by atoms with Crippen molar-refractivity contribution in [2.75, 3.05) is 6.54 Å². The lowest BCUT2D eigenvalue weighted by molar-refractivity contribution is 0.430. The summed E-state index contributed by atoms with van der Waals surface area (Å²) >= 11 is 3.46. The summed E-state index contributed by atoms with van der Waals surface area (Å²) in [5.41, 5.74) is 0.252. The van der Waals surface area contributed by atoms with Gasteiger partial charge in [-0.15, -0.1) is 17.0 Å². The molecule has 0 amide bonds. The maximum atomic E-state index is 3.46. The van der Waals surface area contributed by atoms with E-state index in [0.717, 1.165) is 6.54 Å². The number of nitrogens with one attached hydrogen (secondary N) is 1. The fourth-order valence-corrected chi connectivity index (χ4v) is 0.609. The van der Waals surface area contributed by atoms with Crippen molar-refractivity contribution < 1.29 is 0 Å². The lowest BCUT2D eigenvalue weighted by Crippen LogP contribution is -2.38. The summed E-state index contributed by atoms with van der Waals surface area (Å²) in [6, 6.07) is 0. The van der Waals surface area contributed by atoms with Gasteiger partial charge in [-0.2, -0.15) is 0 Å². The topological polar surface area (TPSA) is 12.0 Å². The van der Waals surface area contributed by atoms with Gasteiger partial charge < -0.3 is 5.32 Å². The van der Waals surface area contributed by atoms with Crippen molar-refractivity contribution in [2.24, 2.45) is 0 Å². The molecule has 0 bridgehead atoms. The SMILES string of the molecule is Br.CC(Br)CNC(C)(C)C. The Hall–Kier alpha value is 0.920. The molecule has 0 saturated heterocycles. The quantitative estimate of drug-likeness (QED) is 0.764. The molecule has 0 aromatic heterocycles. The van der Waals surface area contributed by atoms with Gasteiger partial charge in [0.25, 0.3) is 0 Å². The van der Waals surface area contributed by atoms with E-state index in [1.54, 1.807) is 0 Å². The second-order valence-corrected chi connectivity index (χ2v) is 4.97. The van der Waals surface area contributed by atoms with Crippen molar-refractivity contribution in [1.29, 1.82) is 0 Å². The molecule has 0 fully saturated rings. The Morgan fingerprint density at radius 3 is 1.90 bits per heavy atom. The molecule has 3 heteroatoms. The van der Waals surface area contributed by atoms with Crippen LogP contribution in [-0.2, 0) is 0 Å². The van der Waals surface area contributed by atoms with Crippen LogP contribution < -0.4 is 5.32 Å². The highest BCUT2D eigenvalue weighted by Gasteiger charge is 2.08. The minimum absolute atomic E-state index is 0. The molecule has 1 N–H and O–H groups in total. The van der Waals surface area contributed by atoms with Crippen LogP contribution in [-0.4, -0.2) is 16.9 Å². The highest BCUT2D eigenvalue weighted by molar-refractivity contribution is 9.09. The highest BCUT2D eigenvalue weighted by Crippen LogP contribution is 2.01. The first-order valence-corrected chi connectivity index (χ1v) is 4.22. The lowest BCUT2D eigenvalue weighted by atomic mass is 10.1. The standard InChI is InChI=1S/C7H16BrN.BrH/c1-6(8)5-9-7(2,3)4;/h6,9H,5H2,1-4H3;1H. The molecule has 0 rings (SSSR count). The van der Waals surface area contributed by atoms with Gasteiger partial charge in [-0.25, -0.2) is 0 Å². The van der Waals surface area contributed by atoms with E-state index < -0.39 is 0 Å². The average Bonchev–Trinajstić information content (AvgIpc) is 1.59. The Kier molecular flexibility index (Phi) is 7.50. The van der Waals surface area contributed by atoms with Gasteiger partial charge in [-0.3, -0.25) is 0 Å². The molecular formula is C7H17Br2N. The van der Waals surface area contributed by atoms with E-state index in [1.165, 1.54) is 0 Å². The van der Waals surface area contributed by atoms with Crippen molar-refractivity contribution in [3.63, 3.8) is 0 Å². The minimum Gasteiger partial charge on any atom is -0.311 e. The maximum Gasteiger partial charge on any atom is 0.0242 e. The highest BCUT2D eigenvalue weighted by atomic mass is 79.9. The van der Waals surface area contributed by atoms with Crippen LogP contribution in [0.2, 0.25) is 0 Å². The molecule has 1 atom stereocenters. The van der Waals surface area contributed by atoms with Crippen LogP contribution in [0.25, 0.3) is 0 Å². The molecule has 10 heavy (non-hydrogen) atoms. The van der Waals surface area contributed by atoms with E-state index >= 15 is 0 Å². The van der Waals surface area contributed by atoms with E-state index in [1.807, 2.05) is 0 Å². The molecule has 0 aromatic carbocycles. The molecule has 1 nitrogen and oxygen atoms in total. The average molecular weight is 275 g/mol. The molecule has 0 aliphatic rings. The zero-order valence-electron chi connectivity index (χ0n) is 7.07. The van der Waals surface area contributed by atoms with Gasteiger partial charge in [0.15, 0.2) is 0 Å². The Bertz CT molecular complexity index is 76.2. The number of hydrogen-bond acceptors (Lipinski definition) is 1. The van der Waals surface area contributed by atoms with Crippen LogP contribution in [0.5, 0.6) is 0 Å². The summed E-state index contributed by atoms with van der Waals surface area (Å²) in [5, 5.41) is 3.37. The second kappa shape index (κ2) is 5.56. The Morgan fingerprint density at radius 1 is 1.40 bits per heavy atom. The molecule has 0 saturated carbocycles. The van der Waals surface area contributed by atoms with Crippen molar-refractivity contribution in [3.8, 4) is 0 Å². The lowest BCUT2D eigenvalue weighted by Gasteiger charge is -2.21. The van der Waals surface area contributed by atoms with Gasteiger partial charge in [0.1, 0.15) is 0 Å². The Labute approximate surface area is 82.9 Å². The van der Waals surface area contributed by atoms with Gasteiger partial charge in [-0.1, -0.05) is 22.9 Å². The molecule has 64 valence electrons. The van der Waals surface area contributed by atoms with Crippen LogP contribution in [0.3, 0.4) is 0 Å². The number of hydrogen-bond donors (Lipinski definition) is 1. The summed E-state index contributed by atoms with van der Waals surface area (Å²) in [6.45, 7) is 9.68. The fourth-order valence-electron chi connectivity index (χ4n) is 0.447. The zero-order valence-corrected chi connectivity index (χ0v) is 10.4. The number of alkyl halides is 1. The smallest absolute Gasteiger partial charge is 0.0242 e. The van der Waals surface area contributed by atoms with Gasteiger partial charge >= 0.3 is 0 Å². The third-order valence-electron chi connectivity index (χ3n) is 0.914. The van der Waals surface area contributed by atoms with Gasteiger partial charge in [-0.05, 0) is 20.8 Å². The monoisotopic (exact) mass is 273 g/mol. The summed E-state index contributed by atoms with van der Waals surface area (Å²) in [4.78, 5) is 0.566. The first-order valence-electron chi connectivity index (χ1n) is 3.31. The van der Waals surface area contributed by atoms with Crippen molar-refractivity contribution in [3.05, 3.63) is 0 Å². The van der Waals surface area contributed by atoms with E-state index in [4.69, 9.17) is 0 Å². The molecule has 0 radical (unpaired) electrons. The van der Waals surface area contributed by atoms with Crippen LogP contribution in [0.15, 0.2) is 0 Å². The molecule has 0 aromatic rings. The normalized spacial score (nSPS) is 14.1. The third-order valence-corrected chi connectivity index (χ3v) is 1.24. The Morgan fingerprint density at radius 2 is 1.80 bits per heavy atom. The molecule has 1 unspecified atom stereocenters. The molecule has 0 aliphatic carbocycles. The van der Waals surface area contributed by atoms with E-state index in [-0.39, 0.29) is 22.5 Å². The van der Waals surface area contributed by atoms with Crippen molar-refractivity contribution in [1.82, 2.24) is 5.32 Å². The Balaban J connectivity index is 0. The molecule has 0 spiro atoms. The zero-order chi connectivity index (χ0) is 7.49. The fraction of sp³-hybridized carbons (Fsp3) is 1.00. The molecule has 0 aliphatic heterocycles. The summed E-state index contributed by atoms with van der Waals surface area (Å²) in [7, 11) is 0. The van der Waals surface area contributed by atoms with Gasteiger partial charge in [0, 0.05) is 16.9 Å². The van der Waals surface area contributed by atoms with Crippen LogP contribution in [0.4, 0.5) is 0 Å². The van der Waals surface area contributed by atoms with Crippen LogP contribution in [0, 0.1) is 0 Å². The number of halogens is 2. The first kappa shape index (κ1) is 13.5. The molecule has 0 heterocycles. The predicted molar refractivity (Wildman–Crippen MR) is 56.5 cm³/mol. The first-order chi connectivity index (χ1) is 3.92. The minimum atomic E-state index is 0. The van der Waals surface area contributed by atoms with Crippen molar-refractivity contribution in [2.45, 2.75) is 38.1 Å². The van der Waals surface area contributed by atoms with Gasteiger partial charge in [0.05, 0.1) is 0 Å². The predicted octanol–water partition coefficient (Wildman–Crippen LogP) is 2.74. The van der Waals surface area contributed by atoms with E-state index in [9.17, 15) is 0 Å². The summed E-state index contributed by atoms with van der Waals surface area (Å²) < 4.78 is 0. The summed E-state index contributed by atoms with van der Waals surface area (Å²) in [6.07, 6.45) is 0. The van der Waals surface area contributed by atoms with E-state index in [2.05, 4.69) is 48.9 Å². The van der Waals surface area contributed by atoms with Crippen LogP contribution >= 0.6 is 32.9 Å². The van der Waals surface area contributed by atoms with E-state index in [0.29, 0.717) is 4.83 Å². The van der Waals surface area contributed by atoms with Crippen LogP contribution in [0.1, 0.15) is 27.7 Å². The van der Waals surface area contributed by atoms with Crippen molar-refractivity contribution >= 4 is 32.9 Å². The summed E-state index contributed by atoms with van der Waals surface area (Å²) in [5.74, 6) is 0. The second-order valence-electron chi connectivity index (χ2n) is 3.41. The third kappa shape index (κ3) is 11.7. The largest absolute Gasteiger partial charge is 0.311 e. The number of rotatable bonds is 2. The van der Waals surface area contributed by atoms with Gasteiger partial charge in [0.2, 0.25) is 0 Å². The maximum absolute atomic E-state index is 3.46. The molecular weight excluding hydrogens is 258 g/mol.